The molecule has 3 rings (SSSR count). The van der Waals surface area contributed by atoms with Crippen molar-refractivity contribution in [1.82, 2.24) is 10.3 Å². The van der Waals surface area contributed by atoms with Gasteiger partial charge >= 0.3 is 0 Å². The lowest BCUT2D eigenvalue weighted by Gasteiger charge is -2.26. The molecule has 4 nitrogen and oxygen atoms in total. The van der Waals surface area contributed by atoms with Crippen molar-refractivity contribution in [3.8, 4) is 0 Å². The second-order valence-corrected chi connectivity index (χ2v) is 7.14. The molecule has 1 aliphatic rings. The molecular weight excluding hydrogens is 282 g/mol. The number of thiazole rings is 1. The monoisotopic (exact) mass is 303 g/mol. The SMILES string of the molecule is CC1CCCC(CNC(=O)c2ccc3nc(N)sc3c2)C1. The smallest absolute Gasteiger partial charge is 0.251 e. The van der Waals surface area contributed by atoms with Gasteiger partial charge in [0.05, 0.1) is 10.2 Å². The third kappa shape index (κ3) is 3.35. The van der Waals surface area contributed by atoms with Gasteiger partial charge in [0.1, 0.15) is 0 Å². The molecule has 0 aliphatic heterocycles. The van der Waals surface area contributed by atoms with Gasteiger partial charge in [0.25, 0.3) is 5.91 Å². The van der Waals surface area contributed by atoms with Crippen LogP contribution in [0.5, 0.6) is 0 Å². The molecule has 21 heavy (non-hydrogen) atoms. The predicted octanol–water partition coefficient (Wildman–Crippen LogP) is 3.43. The van der Waals surface area contributed by atoms with Gasteiger partial charge in [-0.15, -0.1) is 0 Å². The van der Waals surface area contributed by atoms with Crippen LogP contribution in [0.3, 0.4) is 0 Å². The molecule has 1 aliphatic carbocycles. The van der Waals surface area contributed by atoms with Gasteiger partial charge in [-0.2, -0.15) is 0 Å². The molecule has 0 bridgehead atoms. The van der Waals surface area contributed by atoms with E-state index >= 15 is 0 Å². The molecule has 3 N–H and O–H groups in total. The molecule has 0 spiro atoms. The normalized spacial score (nSPS) is 22.3. The van der Waals surface area contributed by atoms with Crippen LogP contribution in [0, 0.1) is 11.8 Å². The highest BCUT2D eigenvalue weighted by Crippen LogP contribution is 2.28. The molecule has 2 atom stereocenters. The van der Waals surface area contributed by atoms with Crippen molar-refractivity contribution in [1.29, 1.82) is 0 Å². The van der Waals surface area contributed by atoms with Crippen LogP contribution in [-0.2, 0) is 0 Å². The molecule has 1 aromatic carbocycles. The Labute approximate surface area is 128 Å². The Kier molecular flexibility index (Phi) is 4.10. The van der Waals surface area contributed by atoms with Gasteiger partial charge in [0.15, 0.2) is 5.13 Å². The van der Waals surface area contributed by atoms with E-state index < -0.39 is 0 Å². The van der Waals surface area contributed by atoms with E-state index in [-0.39, 0.29) is 5.91 Å². The van der Waals surface area contributed by atoms with Crippen molar-refractivity contribution in [2.24, 2.45) is 11.8 Å². The first-order valence-electron chi connectivity index (χ1n) is 7.56. The Hall–Kier alpha value is -1.62. The molecule has 0 saturated heterocycles. The number of carbonyl (C=O) groups is 1. The Morgan fingerprint density at radius 2 is 2.33 bits per heavy atom. The number of benzene rings is 1. The first-order chi connectivity index (χ1) is 10.1. The van der Waals surface area contributed by atoms with Crippen molar-refractivity contribution < 1.29 is 4.79 Å². The second-order valence-electron chi connectivity index (χ2n) is 6.08. The van der Waals surface area contributed by atoms with Crippen molar-refractivity contribution in [2.75, 3.05) is 12.3 Å². The van der Waals surface area contributed by atoms with Crippen molar-refractivity contribution >= 4 is 32.6 Å². The number of nitrogens with zero attached hydrogens (tertiary/aromatic N) is 1. The van der Waals surface area contributed by atoms with E-state index in [1.54, 1.807) is 0 Å². The van der Waals surface area contributed by atoms with Crippen LogP contribution in [0.15, 0.2) is 18.2 Å². The van der Waals surface area contributed by atoms with Gasteiger partial charge in [0, 0.05) is 12.1 Å². The second kappa shape index (κ2) is 6.02. The Balaban J connectivity index is 1.63. The number of hydrogen-bond donors (Lipinski definition) is 2. The number of carbonyl (C=O) groups excluding carboxylic acids is 1. The topological polar surface area (TPSA) is 68.0 Å². The average Bonchev–Trinajstić information content (AvgIpc) is 2.84. The number of fused-ring (bicyclic) bond motifs is 1. The summed E-state index contributed by atoms with van der Waals surface area (Å²) in [7, 11) is 0. The molecule has 1 fully saturated rings. The van der Waals surface area contributed by atoms with E-state index in [1.807, 2.05) is 18.2 Å². The molecular formula is C16H21N3OS. The van der Waals surface area contributed by atoms with E-state index in [1.165, 1.54) is 37.0 Å². The van der Waals surface area contributed by atoms with Crippen molar-refractivity contribution in [3.05, 3.63) is 23.8 Å². The Bertz CT molecular complexity index is 652. The summed E-state index contributed by atoms with van der Waals surface area (Å²) >= 11 is 1.42. The summed E-state index contributed by atoms with van der Waals surface area (Å²) in [5.74, 6) is 1.42. The maximum Gasteiger partial charge on any atom is 0.251 e. The molecule has 2 unspecified atom stereocenters. The van der Waals surface area contributed by atoms with Crippen molar-refractivity contribution in [3.63, 3.8) is 0 Å². The third-order valence-corrected chi connectivity index (χ3v) is 5.11. The number of nitrogen functional groups attached to an aromatic ring is 1. The van der Waals surface area contributed by atoms with Gasteiger partial charge in [-0.25, -0.2) is 4.98 Å². The third-order valence-electron chi connectivity index (χ3n) is 4.26. The lowest BCUT2D eigenvalue weighted by molar-refractivity contribution is 0.0941. The summed E-state index contributed by atoms with van der Waals surface area (Å²) < 4.78 is 0.964. The number of nitrogens with two attached hydrogens (primary N) is 1. The zero-order valence-corrected chi connectivity index (χ0v) is 13.1. The fraction of sp³-hybridized carbons (Fsp3) is 0.500. The summed E-state index contributed by atoms with van der Waals surface area (Å²) in [5.41, 5.74) is 7.24. The van der Waals surface area contributed by atoms with Crippen LogP contribution < -0.4 is 11.1 Å². The van der Waals surface area contributed by atoms with Gasteiger partial charge in [0.2, 0.25) is 0 Å². The lowest BCUT2D eigenvalue weighted by Crippen LogP contribution is -2.31. The number of hydrogen-bond acceptors (Lipinski definition) is 4. The molecule has 0 radical (unpaired) electrons. The van der Waals surface area contributed by atoms with E-state index in [4.69, 9.17) is 5.73 Å². The maximum absolute atomic E-state index is 12.3. The molecule has 1 aromatic heterocycles. The summed E-state index contributed by atoms with van der Waals surface area (Å²) in [5, 5.41) is 3.62. The summed E-state index contributed by atoms with van der Waals surface area (Å²) in [6.45, 7) is 3.09. The lowest BCUT2D eigenvalue weighted by atomic mass is 9.82. The van der Waals surface area contributed by atoms with Gasteiger partial charge in [-0.1, -0.05) is 31.1 Å². The van der Waals surface area contributed by atoms with E-state index in [2.05, 4.69) is 17.2 Å². The highest BCUT2D eigenvalue weighted by atomic mass is 32.1. The highest BCUT2D eigenvalue weighted by Gasteiger charge is 2.19. The van der Waals surface area contributed by atoms with Crippen LogP contribution in [0.1, 0.15) is 43.0 Å². The first-order valence-corrected chi connectivity index (χ1v) is 8.37. The minimum absolute atomic E-state index is 0.00194. The Morgan fingerprint density at radius 3 is 3.14 bits per heavy atom. The largest absolute Gasteiger partial charge is 0.375 e. The van der Waals surface area contributed by atoms with Crippen molar-refractivity contribution in [2.45, 2.75) is 32.6 Å². The molecule has 112 valence electrons. The average molecular weight is 303 g/mol. The minimum Gasteiger partial charge on any atom is -0.375 e. The quantitative estimate of drug-likeness (QED) is 0.912. The minimum atomic E-state index is 0.00194. The zero-order valence-electron chi connectivity index (χ0n) is 12.3. The molecule has 1 amide bonds. The van der Waals surface area contributed by atoms with Crippen LogP contribution in [0.4, 0.5) is 5.13 Å². The van der Waals surface area contributed by atoms with Crippen LogP contribution in [-0.4, -0.2) is 17.4 Å². The van der Waals surface area contributed by atoms with Crippen LogP contribution in [0.25, 0.3) is 10.2 Å². The standard InChI is InChI=1S/C16H21N3OS/c1-10-3-2-4-11(7-10)9-18-15(20)12-5-6-13-14(8-12)21-16(17)19-13/h5-6,8,10-11H,2-4,7,9H2,1H3,(H2,17,19)(H,18,20). The maximum atomic E-state index is 12.3. The molecule has 1 saturated carbocycles. The van der Waals surface area contributed by atoms with Crippen LogP contribution in [0.2, 0.25) is 0 Å². The molecule has 1 heterocycles. The van der Waals surface area contributed by atoms with Crippen LogP contribution >= 0.6 is 11.3 Å². The van der Waals surface area contributed by atoms with E-state index in [0.29, 0.717) is 16.6 Å². The predicted molar refractivity (Wildman–Crippen MR) is 87.5 cm³/mol. The first kappa shape index (κ1) is 14.3. The van der Waals surface area contributed by atoms with E-state index in [0.717, 1.165) is 22.7 Å². The fourth-order valence-electron chi connectivity index (χ4n) is 3.17. The number of amides is 1. The highest BCUT2D eigenvalue weighted by molar-refractivity contribution is 7.22. The molecule has 5 heteroatoms. The summed E-state index contributed by atoms with van der Waals surface area (Å²) in [6.07, 6.45) is 5.07. The zero-order chi connectivity index (χ0) is 14.8. The Morgan fingerprint density at radius 1 is 1.48 bits per heavy atom. The number of nitrogens with one attached hydrogen (secondary N) is 1. The van der Waals surface area contributed by atoms with Gasteiger partial charge in [-0.3, -0.25) is 4.79 Å². The van der Waals surface area contributed by atoms with E-state index in [9.17, 15) is 4.79 Å². The number of rotatable bonds is 3. The van der Waals surface area contributed by atoms with Gasteiger partial charge < -0.3 is 11.1 Å². The number of anilines is 1. The van der Waals surface area contributed by atoms with Gasteiger partial charge in [-0.05, 0) is 42.9 Å². The molecule has 2 aromatic rings. The summed E-state index contributed by atoms with van der Waals surface area (Å²) in [4.78, 5) is 16.5. The fourth-order valence-corrected chi connectivity index (χ4v) is 3.94. The number of aromatic nitrogens is 1. The summed E-state index contributed by atoms with van der Waals surface area (Å²) in [6, 6.07) is 5.56.